The number of aryl methyl sites for hydroxylation is 1. The van der Waals surface area contributed by atoms with Gasteiger partial charge in [0.05, 0.1) is 12.2 Å². The molecule has 29 heavy (non-hydrogen) atoms. The Kier molecular flexibility index (Phi) is 4.23. The number of amides is 1. The van der Waals surface area contributed by atoms with Crippen LogP contribution in [0.2, 0.25) is 0 Å². The highest BCUT2D eigenvalue weighted by molar-refractivity contribution is 5.98. The molecule has 0 aliphatic carbocycles. The van der Waals surface area contributed by atoms with Gasteiger partial charge >= 0.3 is 6.01 Å². The second kappa shape index (κ2) is 7.05. The van der Waals surface area contributed by atoms with Crippen LogP contribution in [-0.4, -0.2) is 43.7 Å². The number of rotatable bonds is 4. The van der Waals surface area contributed by atoms with Gasteiger partial charge in [-0.05, 0) is 25.1 Å². The first-order valence-corrected chi connectivity index (χ1v) is 9.40. The second-order valence-corrected chi connectivity index (χ2v) is 7.00. The van der Waals surface area contributed by atoms with Crippen molar-refractivity contribution in [2.24, 2.45) is 0 Å². The number of ether oxygens (including phenoxy) is 1. The molecule has 8 heteroatoms. The number of carbonyl (C=O) groups is 1. The summed E-state index contributed by atoms with van der Waals surface area (Å²) in [7, 11) is 0. The van der Waals surface area contributed by atoms with Crippen molar-refractivity contribution in [1.82, 2.24) is 24.6 Å². The van der Waals surface area contributed by atoms with Gasteiger partial charge in [0.1, 0.15) is 18.2 Å². The van der Waals surface area contributed by atoms with Gasteiger partial charge in [0.15, 0.2) is 5.76 Å². The summed E-state index contributed by atoms with van der Waals surface area (Å²) in [6.45, 7) is 3.15. The molecule has 0 N–H and O–H groups in total. The van der Waals surface area contributed by atoms with Crippen molar-refractivity contribution in [3.05, 3.63) is 72.0 Å². The first-order chi connectivity index (χ1) is 14.2. The zero-order valence-corrected chi connectivity index (χ0v) is 15.9. The molecule has 4 heterocycles. The summed E-state index contributed by atoms with van der Waals surface area (Å²) in [5, 5.41) is 5.36. The lowest BCUT2D eigenvalue weighted by Gasteiger charge is -2.33. The first-order valence-electron chi connectivity index (χ1n) is 9.40. The van der Waals surface area contributed by atoms with E-state index >= 15 is 0 Å². The quantitative estimate of drug-likeness (QED) is 0.533. The van der Waals surface area contributed by atoms with E-state index in [2.05, 4.69) is 15.1 Å². The van der Waals surface area contributed by atoms with Crippen LogP contribution < -0.4 is 4.74 Å². The fraction of sp³-hybridized carbons (Fsp3) is 0.238. The molecular weight excluding hydrogens is 370 g/mol. The van der Waals surface area contributed by atoms with Gasteiger partial charge < -0.3 is 14.1 Å². The summed E-state index contributed by atoms with van der Waals surface area (Å²) < 4.78 is 13.5. The Labute approximate surface area is 166 Å². The van der Waals surface area contributed by atoms with E-state index in [1.54, 1.807) is 29.6 Å². The zero-order valence-electron chi connectivity index (χ0n) is 15.9. The van der Waals surface area contributed by atoms with E-state index < -0.39 is 0 Å². The largest absolute Gasteiger partial charge is 0.461 e. The molecule has 4 aromatic rings. The van der Waals surface area contributed by atoms with Gasteiger partial charge in [-0.3, -0.25) is 9.48 Å². The van der Waals surface area contributed by atoms with Crippen molar-refractivity contribution in [3.8, 4) is 6.01 Å². The van der Waals surface area contributed by atoms with Crippen molar-refractivity contribution in [3.63, 3.8) is 0 Å². The van der Waals surface area contributed by atoms with Gasteiger partial charge in [0.2, 0.25) is 0 Å². The summed E-state index contributed by atoms with van der Waals surface area (Å²) in [5.41, 5.74) is 2.52. The molecule has 3 aromatic heterocycles. The van der Waals surface area contributed by atoms with E-state index in [9.17, 15) is 4.79 Å². The molecule has 0 saturated heterocycles. The third-order valence-electron chi connectivity index (χ3n) is 5.15. The van der Waals surface area contributed by atoms with Crippen LogP contribution in [-0.2, 0) is 6.54 Å². The predicted octanol–water partition coefficient (Wildman–Crippen LogP) is 3.00. The molecule has 0 fully saturated rings. The number of carbonyl (C=O) groups excluding carboxylic acids is 1. The van der Waals surface area contributed by atoms with Crippen molar-refractivity contribution in [1.29, 1.82) is 0 Å². The fourth-order valence-corrected chi connectivity index (χ4v) is 3.72. The number of para-hydroxylation sites is 1. The molecule has 0 spiro atoms. The summed E-state index contributed by atoms with van der Waals surface area (Å²) in [5.74, 6) is 0.248. The van der Waals surface area contributed by atoms with Crippen molar-refractivity contribution < 1.29 is 13.9 Å². The SMILES string of the molecule is Cc1c(C(=O)N2Cc3ccnn3[C@@H](COc3ncccn3)C2)oc2ccccc12. The van der Waals surface area contributed by atoms with E-state index in [4.69, 9.17) is 9.15 Å². The smallest absolute Gasteiger partial charge is 0.316 e. The molecule has 1 aromatic carbocycles. The monoisotopic (exact) mass is 389 g/mol. The summed E-state index contributed by atoms with van der Waals surface area (Å²) >= 11 is 0. The van der Waals surface area contributed by atoms with Gasteiger partial charge in [0, 0.05) is 36.1 Å². The maximum atomic E-state index is 13.3. The van der Waals surface area contributed by atoms with Gasteiger partial charge in [0.25, 0.3) is 5.91 Å². The van der Waals surface area contributed by atoms with E-state index in [1.165, 1.54) is 0 Å². The van der Waals surface area contributed by atoms with Crippen LogP contribution in [0.5, 0.6) is 6.01 Å². The highest BCUT2D eigenvalue weighted by atomic mass is 16.5. The van der Waals surface area contributed by atoms with Crippen LogP contribution in [0.3, 0.4) is 0 Å². The third kappa shape index (κ3) is 3.12. The summed E-state index contributed by atoms with van der Waals surface area (Å²) in [4.78, 5) is 23.2. The maximum Gasteiger partial charge on any atom is 0.316 e. The Morgan fingerprint density at radius 1 is 1.17 bits per heavy atom. The highest BCUT2D eigenvalue weighted by Gasteiger charge is 2.32. The molecule has 1 aliphatic heterocycles. The summed E-state index contributed by atoms with van der Waals surface area (Å²) in [6.07, 6.45) is 4.99. The zero-order chi connectivity index (χ0) is 19.8. The molecule has 0 unspecified atom stereocenters. The van der Waals surface area contributed by atoms with Crippen LogP contribution >= 0.6 is 0 Å². The Bertz CT molecular complexity index is 1170. The molecule has 146 valence electrons. The number of fused-ring (bicyclic) bond motifs is 2. The van der Waals surface area contributed by atoms with Crippen LogP contribution in [0.25, 0.3) is 11.0 Å². The van der Waals surface area contributed by atoms with Gasteiger partial charge in [-0.25, -0.2) is 9.97 Å². The Morgan fingerprint density at radius 2 is 2.00 bits per heavy atom. The first kappa shape index (κ1) is 17.4. The predicted molar refractivity (Wildman–Crippen MR) is 104 cm³/mol. The number of hydrogen-bond acceptors (Lipinski definition) is 6. The third-order valence-corrected chi connectivity index (χ3v) is 5.15. The Hall–Kier alpha value is -3.68. The van der Waals surface area contributed by atoms with Crippen molar-refractivity contribution >= 4 is 16.9 Å². The lowest BCUT2D eigenvalue weighted by Crippen LogP contribution is -2.43. The molecular formula is C21H19N5O3. The number of benzene rings is 1. The molecule has 0 radical (unpaired) electrons. The van der Waals surface area contributed by atoms with E-state index in [1.807, 2.05) is 41.9 Å². The molecule has 5 rings (SSSR count). The Morgan fingerprint density at radius 3 is 2.83 bits per heavy atom. The standard InChI is InChI=1S/C21H19N5O3/c1-14-17-5-2-3-6-18(17)29-19(14)20(27)25-11-15-7-10-24-26(15)16(12-25)13-28-21-22-8-4-9-23-21/h2-10,16H,11-13H2,1H3/t16-/m1/s1. The lowest BCUT2D eigenvalue weighted by atomic mass is 10.1. The molecule has 1 amide bonds. The maximum absolute atomic E-state index is 13.3. The summed E-state index contributed by atoms with van der Waals surface area (Å²) in [6, 6.07) is 11.5. The number of nitrogens with zero attached hydrogens (tertiary/aromatic N) is 5. The molecule has 0 saturated carbocycles. The van der Waals surface area contributed by atoms with Crippen molar-refractivity contribution in [2.45, 2.75) is 19.5 Å². The molecule has 1 aliphatic rings. The van der Waals surface area contributed by atoms with E-state index in [0.29, 0.717) is 31.5 Å². The minimum Gasteiger partial charge on any atom is -0.461 e. The number of aromatic nitrogens is 4. The lowest BCUT2D eigenvalue weighted by molar-refractivity contribution is 0.0599. The van der Waals surface area contributed by atoms with Crippen LogP contribution in [0.15, 0.2) is 59.4 Å². The van der Waals surface area contributed by atoms with E-state index in [0.717, 1.165) is 22.2 Å². The van der Waals surface area contributed by atoms with Gasteiger partial charge in [-0.1, -0.05) is 18.2 Å². The van der Waals surface area contributed by atoms with Gasteiger partial charge in [-0.15, -0.1) is 0 Å². The average Bonchev–Trinajstić information content (AvgIpc) is 3.37. The van der Waals surface area contributed by atoms with Crippen molar-refractivity contribution in [2.75, 3.05) is 13.2 Å². The molecule has 8 nitrogen and oxygen atoms in total. The number of hydrogen-bond donors (Lipinski definition) is 0. The molecule has 0 bridgehead atoms. The minimum absolute atomic E-state index is 0.132. The minimum atomic E-state index is -0.147. The number of furan rings is 1. The average molecular weight is 389 g/mol. The highest BCUT2D eigenvalue weighted by Crippen LogP contribution is 2.28. The van der Waals surface area contributed by atoms with Gasteiger partial charge in [-0.2, -0.15) is 5.10 Å². The van der Waals surface area contributed by atoms with Crippen LogP contribution in [0.1, 0.15) is 27.9 Å². The van der Waals surface area contributed by atoms with Crippen LogP contribution in [0.4, 0.5) is 0 Å². The fourth-order valence-electron chi connectivity index (χ4n) is 3.72. The van der Waals surface area contributed by atoms with E-state index in [-0.39, 0.29) is 11.9 Å². The second-order valence-electron chi connectivity index (χ2n) is 7.00. The topological polar surface area (TPSA) is 86.3 Å². The molecule has 1 atom stereocenters. The van der Waals surface area contributed by atoms with Crippen LogP contribution in [0, 0.1) is 6.92 Å². The normalized spacial score (nSPS) is 16.0. The Balaban J connectivity index is 1.40.